The van der Waals surface area contributed by atoms with E-state index in [2.05, 4.69) is 5.32 Å². The Labute approximate surface area is 153 Å². The number of carbonyl (C=O) groups excluding carboxylic acids is 1. The van der Waals surface area contributed by atoms with Crippen molar-refractivity contribution < 1.29 is 14.3 Å². The van der Waals surface area contributed by atoms with E-state index in [0.717, 1.165) is 5.56 Å². The van der Waals surface area contributed by atoms with Gasteiger partial charge in [-0.3, -0.25) is 4.79 Å². The Morgan fingerprint density at radius 2 is 1.96 bits per heavy atom. The summed E-state index contributed by atoms with van der Waals surface area (Å²) < 4.78 is 10.9. The Morgan fingerprint density at radius 3 is 2.62 bits per heavy atom. The molecule has 0 aromatic heterocycles. The van der Waals surface area contributed by atoms with Gasteiger partial charge >= 0.3 is 0 Å². The van der Waals surface area contributed by atoms with Gasteiger partial charge in [-0.2, -0.15) is 5.26 Å². The van der Waals surface area contributed by atoms with Crippen molar-refractivity contribution in [2.24, 2.45) is 0 Å². The van der Waals surface area contributed by atoms with Crippen molar-refractivity contribution in [3.63, 3.8) is 0 Å². The van der Waals surface area contributed by atoms with Crippen LogP contribution in [0.2, 0.25) is 0 Å². The maximum Gasteiger partial charge on any atom is 0.261 e. The van der Waals surface area contributed by atoms with Gasteiger partial charge in [0, 0.05) is 12.1 Å². The first kappa shape index (κ1) is 19.1. The maximum atomic E-state index is 12.3. The molecule has 0 aliphatic heterocycles. The van der Waals surface area contributed by atoms with E-state index in [4.69, 9.17) is 9.47 Å². The predicted molar refractivity (Wildman–Crippen MR) is 101 cm³/mol. The van der Waals surface area contributed by atoms with Gasteiger partial charge < -0.3 is 14.8 Å². The molecule has 0 aliphatic rings. The molecule has 26 heavy (non-hydrogen) atoms. The van der Waals surface area contributed by atoms with Crippen molar-refractivity contribution in [1.82, 2.24) is 5.32 Å². The number of hydrogen-bond acceptors (Lipinski definition) is 4. The fraction of sp³-hybridized carbons (Fsp3) is 0.238. The van der Waals surface area contributed by atoms with Crippen LogP contribution in [0.1, 0.15) is 18.1 Å². The third kappa shape index (κ3) is 5.12. The molecule has 0 aliphatic carbocycles. The molecule has 0 saturated heterocycles. The molecule has 5 nitrogen and oxygen atoms in total. The number of nitrogens with one attached hydrogen (secondary N) is 1. The zero-order chi connectivity index (χ0) is 18.8. The highest BCUT2D eigenvalue weighted by Gasteiger charge is 2.13. The third-order valence-electron chi connectivity index (χ3n) is 3.72. The smallest absolute Gasteiger partial charge is 0.261 e. The molecule has 2 aromatic rings. The van der Waals surface area contributed by atoms with E-state index in [0.29, 0.717) is 36.6 Å². The third-order valence-corrected chi connectivity index (χ3v) is 3.72. The fourth-order valence-electron chi connectivity index (χ4n) is 2.47. The maximum absolute atomic E-state index is 12.3. The number of hydrogen-bond donors (Lipinski definition) is 1. The molecule has 0 spiro atoms. The van der Waals surface area contributed by atoms with Gasteiger partial charge in [-0.05, 0) is 31.1 Å². The predicted octanol–water partition coefficient (Wildman–Crippen LogP) is 3.36. The first-order chi connectivity index (χ1) is 12.7. The van der Waals surface area contributed by atoms with E-state index in [1.165, 1.54) is 6.08 Å². The van der Waals surface area contributed by atoms with E-state index >= 15 is 0 Å². The molecule has 5 heteroatoms. The minimum absolute atomic E-state index is 0.0206. The van der Waals surface area contributed by atoms with Crippen molar-refractivity contribution in [2.75, 3.05) is 20.3 Å². The Kier molecular flexibility index (Phi) is 7.26. The van der Waals surface area contributed by atoms with Gasteiger partial charge in [0.05, 0.1) is 13.7 Å². The average molecular weight is 350 g/mol. The Hall–Kier alpha value is -3.26. The minimum atomic E-state index is -0.409. The molecule has 134 valence electrons. The molecule has 0 heterocycles. The molecule has 2 aromatic carbocycles. The summed E-state index contributed by atoms with van der Waals surface area (Å²) in [5.41, 5.74) is 1.77. The monoisotopic (exact) mass is 350 g/mol. The van der Waals surface area contributed by atoms with Crippen LogP contribution >= 0.6 is 0 Å². The van der Waals surface area contributed by atoms with Gasteiger partial charge in [0.25, 0.3) is 5.91 Å². The fourth-order valence-corrected chi connectivity index (χ4v) is 2.47. The lowest BCUT2D eigenvalue weighted by Gasteiger charge is -2.12. The molecule has 0 bridgehead atoms. The number of carbonyl (C=O) groups is 1. The van der Waals surface area contributed by atoms with Gasteiger partial charge in [0.2, 0.25) is 0 Å². The molecule has 0 saturated carbocycles. The zero-order valence-electron chi connectivity index (χ0n) is 15.0. The van der Waals surface area contributed by atoms with Gasteiger partial charge in [-0.25, -0.2) is 0 Å². The van der Waals surface area contributed by atoms with Crippen LogP contribution in [-0.4, -0.2) is 26.2 Å². The first-order valence-corrected chi connectivity index (χ1v) is 8.43. The summed E-state index contributed by atoms with van der Waals surface area (Å²) in [5, 5.41) is 12.2. The lowest BCUT2D eigenvalue weighted by molar-refractivity contribution is -0.117. The molecule has 0 radical (unpaired) electrons. The Bertz CT molecular complexity index is 808. The van der Waals surface area contributed by atoms with Crippen LogP contribution in [0.4, 0.5) is 0 Å². The van der Waals surface area contributed by atoms with E-state index in [1.54, 1.807) is 25.3 Å². The second kappa shape index (κ2) is 9.90. The normalized spacial score (nSPS) is 10.7. The highest BCUT2D eigenvalue weighted by Crippen LogP contribution is 2.32. The van der Waals surface area contributed by atoms with Crippen LogP contribution in [-0.2, 0) is 11.2 Å². The second-order valence-electron chi connectivity index (χ2n) is 5.47. The molecule has 1 amide bonds. The van der Waals surface area contributed by atoms with Gasteiger partial charge in [-0.1, -0.05) is 42.5 Å². The molecule has 2 rings (SSSR count). The molecule has 0 atom stereocenters. The van der Waals surface area contributed by atoms with Crippen LogP contribution in [0.15, 0.2) is 54.1 Å². The van der Waals surface area contributed by atoms with Crippen LogP contribution < -0.4 is 14.8 Å². The summed E-state index contributed by atoms with van der Waals surface area (Å²) in [6.45, 7) is 2.77. The zero-order valence-corrected chi connectivity index (χ0v) is 15.0. The van der Waals surface area contributed by atoms with E-state index in [9.17, 15) is 10.1 Å². The number of nitrogens with zero attached hydrogens (tertiary/aromatic N) is 1. The second-order valence-corrected chi connectivity index (χ2v) is 5.47. The summed E-state index contributed by atoms with van der Waals surface area (Å²) in [7, 11) is 1.55. The topological polar surface area (TPSA) is 71.3 Å². The highest BCUT2D eigenvalue weighted by molar-refractivity contribution is 6.02. The largest absolute Gasteiger partial charge is 0.493 e. The number of amides is 1. The lowest BCUT2D eigenvalue weighted by atomic mass is 10.1. The molecular weight excluding hydrogens is 328 g/mol. The van der Waals surface area contributed by atoms with E-state index in [-0.39, 0.29) is 5.57 Å². The number of methoxy groups -OCH3 is 1. The molecular formula is C21H22N2O3. The molecule has 1 N–H and O–H groups in total. The van der Waals surface area contributed by atoms with Crippen LogP contribution in [0.5, 0.6) is 11.5 Å². The lowest BCUT2D eigenvalue weighted by Crippen LogP contribution is -2.26. The summed E-state index contributed by atoms with van der Waals surface area (Å²) >= 11 is 0. The van der Waals surface area contributed by atoms with Crippen LogP contribution in [0, 0.1) is 11.3 Å². The van der Waals surface area contributed by atoms with Crippen molar-refractivity contribution in [2.45, 2.75) is 13.3 Å². The molecule has 0 unspecified atom stereocenters. The van der Waals surface area contributed by atoms with Crippen molar-refractivity contribution in [1.29, 1.82) is 5.26 Å². The minimum Gasteiger partial charge on any atom is -0.493 e. The van der Waals surface area contributed by atoms with Gasteiger partial charge in [0.15, 0.2) is 11.5 Å². The summed E-state index contributed by atoms with van der Waals surface area (Å²) in [6, 6.07) is 17.1. The Morgan fingerprint density at radius 1 is 1.19 bits per heavy atom. The number of benzene rings is 2. The standard InChI is InChI=1S/C21H22N2O3/c1-3-26-20-17(10-7-11-19(20)25-2)14-18(15-22)21(24)23-13-12-16-8-5-4-6-9-16/h4-11,14H,3,12-13H2,1-2H3,(H,23,24). The van der Waals surface area contributed by atoms with Gasteiger partial charge in [0.1, 0.15) is 11.6 Å². The van der Waals surface area contributed by atoms with Crippen LogP contribution in [0.25, 0.3) is 6.08 Å². The number of ether oxygens (including phenoxy) is 2. The van der Waals surface area contributed by atoms with Gasteiger partial charge in [-0.15, -0.1) is 0 Å². The highest BCUT2D eigenvalue weighted by atomic mass is 16.5. The average Bonchev–Trinajstić information content (AvgIpc) is 2.68. The summed E-state index contributed by atoms with van der Waals surface area (Å²) in [6.07, 6.45) is 2.22. The Balaban J connectivity index is 2.12. The summed E-state index contributed by atoms with van der Waals surface area (Å²) in [4.78, 5) is 12.3. The SMILES string of the molecule is CCOc1c(C=C(C#N)C(=O)NCCc2ccccc2)cccc1OC. The number of rotatable bonds is 8. The number of para-hydroxylation sites is 1. The van der Waals surface area contributed by atoms with Crippen molar-refractivity contribution >= 4 is 12.0 Å². The molecule has 0 fully saturated rings. The van der Waals surface area contributed by atoms with Crippen molar-refractivity contribution in [3.8, 4) is 17.6 Å². The van der Waals surface area contributed by atoms with Crippen LogP contribution in [0.3, 0.4) is 0 Å². The van der Waals surface area contributed by atoms with E-state index in [1.807, 2.05) is 43.3 Å². The van der Waals surface area contributed by atoms with E-state index < -0.39 is 5.91 Å². The van der Waals surface area contributed by atoms with Crippen molar-refractivity contribution in [3.05, 3.63) is 65.2 Å². The first-order valence-electron chi connectivity index (χ1n) is 8.43. The quantitative estimate of drug-likeness (QED) is 0.585. The number of nitriles is 1. The summed E-state index contributed by atoms with van der Waals surface area (Å²) in [5.74, 6) is 0.665.